The van der Waals surface area contributed by atoms with E-state index in [4.69, 9.17) is 0 Å². The lowest BCUT2D eigenvalue weighted by atomic mass is 9.87. The third-order valence-electron chi connectivity index (χ3n) is 3.52. The second-order valence-corrected chi connectivity index (χ2v) is 4.52. The van der Waals surface area contributed by atoms with Crippen LogP contribution in [0.25, 0.3) is 0 Å². The molecular weight excluding hydrogens is 236 g/mol. The van der Waals surface area contributed by atoms with Crippen molar-refractivity contribution in [2.24, 2.45) is 0 Å². The van der Waals surface area contributed by atoms with Crippen LogP contribution in [-0.2, 0) is 17.6 Å². The van der Waals surface area contributed by atoms with Gasteiger partial charge >= 0.3 is 0 Å². The monoisotopic (exact) mass is 246 g/mol. The Bertz CT molecular complexity index is 607. The van der Waals surface area contributed by atoms with Crippen LogP contribution in [0.4, 0.5) is 11.4 Å². The first-order chi connectivity index (χ1) is 8.59. The molecular formula is C12H10N2O4. The Morgan fingerprint density at radius 1 is 1.17 bits per heavy atom. The Morgan fingerprint density at radius 3 is 2.50 bits per heavy atom. The van der Waals surface area contributed by atoms with E-state index in [1.165, 1.54) is 6.07 Å². The first-order valence-electron chi connectivity index (χ1n) is 5.78. The molecule has 92 valence electrons. The zero-order chi connectivity index (χ0) is 12.9. The van der Waals surface area contributed by atoms with Gasteiger partial charge < -0.3 is 5.32 Å². The third-order valence-corrected chi connectivity index (χ3v) is 3.52. The van der Waals surface area contributed by atoms with Crippen LogP contribution in [0.3, 0.4) is 0 Å². The van der Waals surface area contributed by atoms with Gasteiger partial charge in [0.1, 0.15) is 0 Å². The van der Waals surface area contributed by atoms with Crippen molar-refractivity contribution in [3.63, 3.8) is 0 Å². The molecule has 1 amide bonds. The number of ketones is 1. The lowest BCUT2D eigenvalue weighted by molar-refractivity contribution is -0.385. The first kappa shape index (κ1) is 10.9. The second kappa shape index (κ2) is 3.63. The maximum Gasteiger partial charge on any atom is 0.296 e. The molecule has 0 saturated heterocycles. The zero-order valence-corrected chi connectivity index (χ0v) is 9.49. The second-order valence-electron chi connectivity index (χ2n) is 4.52. The van der Waals surface area contributed by atoms with Crippen molar-refractivity contribution < 1.29 is 14.5 Å². The minimum absolute atomic E-state index is 0.0340. The number of amides is 1. The van der Waals surface area contributed by atoms with Crippen molar-refractivity contribution in [1.29, 1.82) is 0 Å². The van der Waals surface area contributed by atoms with Gasteiger partial charge in [-0.1, -0.05) is 0 Å². The minimum atomic E-state index is -0.696. The Labute approximate surface area is 102 Å². The largest absolute Gasteiger partial charge is 0.318 e. The van der Waals surface area contributed by atoms with Crippen LogP contribution in [0.1, 0.15) is 34.3 Å². The lowest BCUT2D eigenvalue weighted by Crippen LogP contribution is -2.13. The fourth-order valence-electron chi connectivity index (χ4n) is 2.70. The van der Waals surface area contributed by atoms with Gasteiger partial charge in [0.15, 0.2) is 0 Å². The Kier molecular flexibility index (Phi) is 2.19. The highest BCUT2D eigenvalue weighted by molar-refractivity contribution is 6.52. The number of rotatable bonds is 1. The number of hydrogen-bond acceptors (Lipinski definition) is 4. The van der Waals surface area contributed by atoms with E-state index in [2.05, 4.69) is 5.32 Å². The summed E-state index contributed by atoms with van der Waals surface area (Å²) in [4.78, 5) is 33.6. The summed E-state index contributed by atoms with van der Waals surface area (Å²) in [6.07, 6.45) is 3.12. The summed E-state index contributed by atoms with van der Waals surface area (Å²) in [7, 11) is 0. The van der Waals surface area contributed by atoms with E-state index < -0.39 is 16.6 Å². The molecule has 1 N–H and O–H groups in total. The lowest BCUT2D eigenvalue weighted by Gasteiger charge is -2.18. The Morgan fingerprint density at radius 2 is 1.83 bits per heavy atom. The van der Waals surface area contributed by atoms with Gasteiger partial charge in [0.25, 0.3) is 17.4 Å². The topological polar surface area (TPSA) is 89.3 Å². The molecule has 0 saturated carbocycles. The quantitative estimate of drug-likeness (QED) is 0.463. The number of hydrogen-bond donors (Lipinski definition) is 1. The minimum Gasteiger partial charge on any atom is -0.318 e. The van der Waals surface area contributed by atoms with Crippen molar-refractivity contribution in [3.8, 4) is 0 Å². The highest BCUT2D eigenvalue weighted by Gasteiger charge is 2.35. The zero-order valence-electron chi connectivity index (χ0n) is 9.49. The van der Waals surface area contributed by atoms with Crippen LogP contribution in [0.2, 0.25) is 0 Å². The summed E-state index contributed by atoms with van der Waals surface area (Å²) >= 11 is 0. The molecule has 6 nitrogen and oxygen atoms in total. The number of benzene rings is 1. The molecule has 0 unspecified atom stereocenters. The number of carbonyl (C=O) groups is 2. The van der Waals surface area contributed by atoms with Gasteiger partial charge in [0, 0.05) is 11.6 Å². The van der Waals surface area contributed by atoms with Crippen LogP contribution in [0, 0.1) is 10.1 Å². The van der Waals surface area contributed by atoms with Gasteiger partial charge in [-0.05, 0) is 31.2 Å². The Hall–Kier alpha value is -2.24. The highest BCUT2D eigenvalue weighted by Crippen LogP contribution is 2.39. The van der Waals surface area contributed by atoms with E-state index in [9.17, 15) is 19.7 Å². The fraction of sp³-hybridized carbons (Fsp3) is 0.333. The third kappa shape index (κ3) is 1.35. The molecule has 0 aromatic heterocycles. The predicted molar refractivity (Wildman–Crippen MR) is 62.7 cm³/mol. The summed E-state index contributed by atoms with van der Waals surface area (Å²) in [5, 5.41) is 13.6. The van der Waals surface area contributed by atoms with Crippen molar-refractivity contribution in [3.05, 3.63) is 32.9 Å². The summed E-state index contributed by atoms with van der Waals surface area (Å²) in [5.41, 5.74) is 2.04. The molecule has 0 radical (unpaired) electrons. The fourth-order valence-corrected chi connectivity index (χ4v) is 2.70. The number of nitrogens with one attached hydrogen (secondary N) is 1. The van der Waals surface area contributed by atoms with E-state index in [1.807, 2.05) is 0 Å². The number of nitro groups is 1. The molecule has 18 heavy (non-hydrogen) atoms. The van der Waals surface area contributed by atoms with Crippen molar-refractivity contribution in [2.45, 2.75) is 25.7 Å². The van der Waals surface area contributed by atoms with Gasteiger partial charge in [-0.25, -0.2) is 0 Å². The summed E-state index contributed by atoms with van der Waals surface area (Å²) in [6, 6.07) is 1.24. The maximum absolute atomic E-state index is 11.6. The number of Topliss-reactive ketones (excluding diaryl/α,β-unsaturated/α-hetero) is 1. The van der Waals surface area contributed by atoms with Crippen molar-refractivity contribution >= 4 is 23.1 Å². The molecule has 0 atom stereocenters. The molecule has 1 aliphatic heterocycles. The summed E-state index contributed by atoms with van der Waals surface area (Å²) < 4.78 is 0. The number of anilines is 1. The molecule has 6 heteroatoms. The normalized spacial score (nSPS) is 17.1. The average molecular weight is 246 g/mol. The molecule has 3 rings (SSSR count). The van der Waals surface area contributed by atoms with E-state index in [0.29, 0.717) is 24.1 Å². The predicted octanol–water partition coefficient (Wildman–Crippen LogP) is 1.61. The smallest absolute Gasteiger partial charge is 0.296 e. The van der Waals surface area contributed by atoms with Crippen LogP contribution in [-0.4, -0.2) is 16.6 Å². The van der Waals surface area contributed by atoms with Crippen molar-refractivity contribution in [2.75, 3.05) is 5.32 Å². The first-order valence-corrected chi connectivity index (χ1v) is 5.78. The van der Waals surface area contributed by atoms with E-state index in [0.717, 1.165) is 18.4 Å². The van der Waals surface area contributed by atoms with Crippen LogP contribution in [0.5, 0.6) is 0 Å². The highest BCUT2D eigenvalue weighted by atomic mass is 16.6. The van der Waals surface area contributed by atoms with E-state index in [1.54, 1.807) is 0 Å². The van der Waals surface area contributed by atoms with Gasteiger partial charge in [-0.15, -0.1) is 0 Å². The van der Waals surface area contributed by atoms with E-state index >= 15 is 0 Å². The molecule has 1 aromatic rings. The number of nitrogens with zero attached hydrogens (tertiary/aromatic N) is 1. The van der Waals surface area contributed by atoms with Crippen LogP contribution in [0.15, 0.2) is 6.07 Å². The van der Waals surface area contributed by atoms with Gasteiger partial charge in [0.05, 0.1) is 16.2 Å². The molecule has 2 aliphatic rings. The Balaban J connectivity index is 2.30. The number of nitro benzene ring substituents is 1. The maximum atomic E-state index is 11.6. The summed E-state index contributed by atoms with van der Waals surface area (Å²) in [6.45, 7) is 0. The molecule has 0 fully saturated rings. The van der Waals surface area contributed by atoms with Crippen molar-refractivity contribution in [1.82, 2.24) is 0 Å². The number of carbonyl (C=O) groups excluding carboxylic acids is 2. The number of fused-ring (bicyclic) bond motifs is 3. The molecule has 1 aromatic carbocycles. The van der Waals surface area contributed by atoms with Crippen LogP contribution < -0.4 is 5.32 Å². The van der Waals surface area contributed by atoms with E-state index in [-0.39, 0.29) is 11.3 Å². The van der Waals surface area contributed by atoms with Gasteiger partial charge in [-0.3, -0.25) is 19.7 Å². The molecule has 0 bridgehead atoms. The molecule has 0 spiro atoms. The van der Waals surface area contributed by atoms with Gasteiger partial charge in [0.2, 0.25) is 0 Å². The molecule has 1 aliphatic carbocycles. The van der Waals surface area contributed by atoms with Crippen LogP contribution >= 0.6 is 0 Å². The van der Waals surface area contributed by atoms with Gasteiger partial charge in [-0.2, -0.15) is 0 Å². The molecule has 1 heterocycles. The standard InChI is InChI=1S/C12H10N2O4/c15-11-8-5-9(14(17)18)6-3-1-2-4-7(6)10(8)13-12(11)16/h5H,1-4H2,(H,13,15,16). The summed E-state index contributed by atoms with van der Waals surface area (Å²) in [5.74, 6) is -1.38. The SMILES string of the molecule is O=C1Nc2c(cc([N+](=O)[O-])c3c2CCCC3)C1=O. The average Bonchev–Trinajstić information content (AvgIpc) is 2.65.